The van der Waals surface area contributed by atoms with Crippen LogP contribution in [0, 0.1) is 27.7 Å². The molecule has 138 valence electrons. The summed E-state index contributed by atoms with van der Waals surface area (Å²) >= 11 is 6.09. The van der Waals surface area contributed by atoms with Crippen LogP contribution in [0.2, 0.25) is 5.02 Å². The summed E-state index contributed by atoms with van der Waals surface area (Å²) in [4.78, 5) is 21.0. The van der Waals surface area contributed by atoms with Gasteiger partial charge in [-0.3, -0.25) is 4.79 Å². The number of anilines is 3. The first-order chi connectivity index (χ1) is 12.8. The second-order valence-corrected chi connectivity index (χ2v) is 6.97. The molecule has 3 rings (SSSR count). The number of aromatic nitrogens is 2. The fraction of sp³-hybridized carbons (Fsp3) is 0.190. The monoisotopic (exact) mass is 380 g/mol. The van der Waals surface area contributed by atoms with Gasteiger partial charge < -0.3 is 10.6 Å². The van der Waals surface area contributed by atoms with E-state index in [-0.39, 0.29) is 5.91 Å². The van der Waals surface area contributed by atoms with Gasteiger partial charge in [-0.05, 0) is 56.5 Å². The van der Waals surface area contributed by atoms with E-state index in [0.29, 0.717) is 22.2 Å². The van der Waals surface area contributed by atoms with E-state index in [0.717, 1.165) is 22.4 Å². The molecule has 0 saturated carbocycles. The molecule has 0 atom stereocenters. The zero-order valence-electron chi connectivity index (χ0n) is 15.7. The Morgan fingerprint density at radius 3 is 2.26 bits per heavy atom. The van der Waals surface area contributed by atoms with Gasteiger partial charge in [0.15, 0.2) is 0 Å². The number of nitrogens with zero attached hydrogens (tertiary/aromatic N) is 2. The lowest BCUT2D eigenvalue weighted by Crippen LogP contribution is -2.14. The van der Waals surface area contributed by atoms with E-state index in [2.05, 4.69) is 39.7 Å². The molecule has 2 aromatic carbocycles. The average molecular weight is 381 g/mol. The smallest absolute Gasteiger partial charge is 0.258 e. The van der Waals surface area contributed by atoms with Gasteiger partial charge in [0, 0.05) is 28.8 Å². The maximum atomic E-state index is 12.4. The zero-order valence-corrected chi connectivity index (χ0v) is 16.5. The molecule has 3 aromatic rings. The molecule has 6 heteroatoms. The topological polar surface area (TPSA) is 66.9 Å². The second kappa shape index (κ2) is 7.76. The largest absolute Gasteiger partial charge is 0.324 e. The molecular formula is C21H21ClN4O. The van der Waals surface area contributed by atoms with E-state index in [1.54, 1.807) is 18.2 Å². The number of rotatable bonds is 4. The maximum Gasteiger partial charge on any atom is 0.258 e. The summed E-state index contributed by atoms with van der Waals surface area (Å²) in [6.45, 7) is 8.00. The first kappa shape index (κ1) is 18.9. The quantitative estimate of drug-likeness (QED) is 0.639. The third-order valence-corrected chi connectivity index (χ3v) is 4.75. The van der Waals surface area contributed by atoms with Crippen LogP contribution < -0.4 is 10.6 Å². The van der Waals surface area contributed by atoms with E-state index in [4.69, 9.17) is 11.6 Å². The highest BCUT2D eigenvalue weighted by atomic mass is 35.5. The standard InChI is InChI=1S/C21H21ClN4O/c1-12-8-13(2)19(14(3)9-12)26-21-23-10-16(11-24-21)20(27)25-18-7-5-6-17(22)15(18)4/h5-11H,1-4H3,(H,25,27)(H,23,24,26). The van der Waals surface area contributed by atoms with Crippen molar-refractivity contribution < 1.29 is 4.79 Å². The molecule has 0 radical (unpaired) electrons. The van der Waals surface area contributed by atoms with E-state index < -0.39 is 0 Å². The molecule has 0 fully saturated rings. The lowest BCUT2D eigenvalue weighted by molar-refractivity contribution is 0.102. The molecule has 0 aliphatic carbocycles. The molecule has 0 bridgehead atoms. The molecular weight excluding hydrogens is 360 g/mol. The molecule has 27 heavy (non-hydrogen) atoms. The average Bonchev–Trinajstić information content (AvgIpc) is 2.62. The number of nitrogens with one attached hydrogen (secondary N) is 2. The zero-order chi connectivity index (χ0) is 19.6. The van der Waals surface area contributed by atoms with Crippen molar-refractivity contribution in [3.8, 4) is 0 Å². The van der Waals surface area contributed by atoms with Crippen molar-refractivity contribution in [2.45, 2.75) is 27.7 Å². The van der Waals surface area contributed by atoms with Crippen molar-refractivity contribution >= 4 is 34.8 Å². The van der Waals surface area contributed by atoms with Crippen molar-refractivity contribution in [1.82, 2.24) is 9.97 Å². The Morgan fingerprint density at radius 2 is 1.63 bits per heavy atom. The minimum atomic E-state index is -0.283. The highest BCUT2D eigenvalue weighted by Crippen LogP contribution is 2.25. The van der Waals surface area contributed by atoms with Crippen LogP contribution >= 0.6 is 11.6 Å². The summed E-state index contributed by atoms with van der Waals surface area (Å²) in [5, 5.41) is 6.67. The van der Waals surface area contributed by atoms with Crippen LogP contribution in [0.3, 0.4) is 0 Å². The van der Waals surface area contributed by atoms with Crippen molar-refractivity contribution in [3.05, 3.63) is 75.6 Å². The highest BCUT2D eigenvalue weighted by molar-refractivity contribution is 6.31. The van der Waals surface area contributed by atoms with Crippen molar-refractivity contribution in [2.75, 3.05) is 10.6 Å². The molecule has 1 heterocycles. The summed E-state index contributed by atoms with van der Waals surface area (Å²) in [5.41, 5.74) is 6.28. The van der Waals surface area contributed by atoms with Crippen LogP contribution in [0.1, 0.15) is 32.6 Å². The van der Waals surface area contributed by atoms with Crippen LogP contribution in [-0.4, -0.2) is 15.9 Å². The molecule has 1 aromatic heterocycles. The van der Waals surface area contributed by atoms with Gasteiger partial charge in [-0.15, -0.1) is 0 Å². The Labute approximate surface area is 163 Å². The van der Waals surface area contributed by atoms with Gasteiger partial charge >= 0.3 is 0 Å². The van der Waals surface area contributed by atoms with Gasteiger partial charge in [0.25, 0.3) is 5.91 Å². The molecule has 5 nitrogen and oxygen atoms in total. The Balaban J connectivity index is 1.75. The lowest BCUT2D eigenvalue weighted by atomic mass is 10.1. The number of carbonyl (C=O) groups is 1. The molecule has 0 aliphatic heterocycles. The third kappa shape index (κ3) is 4.26. The van der Waals surface area contributed by atoms with Crippen LogP contribution in [0.25, 0.3) is 0 Å². The first-order valence-electron chi connectivity index (χ1n) is 8.58. The van der Waals surface area contributed by atoms with Crippen LogP contribution in [-0.2, 0) is 0 Å². The van der Waals surface area contributed by atoms with Gasteiger partial charge in [0.05, 0.1) is 5.56 Å². The number of hydrogen-bond acceptors (Lipinski definition) is 4. The molecule has 0 saturated heterocycles. The number of hydrogen-bond donors (Lipinski definition) is 2. The lowest BCUT2D eigenvalue weighted by Gasteiger charge is -2.13. The SMILES string of the molecule is Cc1cc(C)c(Nc2ncc(C(=O)Nc3cccc(Cl)c3C)cn2)c(C)c1. The van der Waals surface area contributed by atoms with Gasteiger partial charge in [-0.2, -0.15) is 0 Å². The summed E-state index contributed by atoms with van der Waals surface area (Å²) < 4.78 is 0. The van der Waals surface area contributed by atoms with Gasteiger partial charge in [0.1, 0.15) is 0 Å². The number of amides is 1. The predicted octanol–water partition coefficient (Wildman–Crippen LogP) is 5.36. The number of halogens is 1. The first-order valence-corrected chi connectivity index (χ1v) is 8.96. The fourth-order valence-corrected chi connectivity index (χ4v) is 3.11. The van der Waals surface area contributed by atoms with Gasteiger partial charge in [-0.25, -0.2) is 9.97 Å². The minimum absolute atomic E-state index is 0.283. The molecule has 0 aliphatic rings. The summed E-state index contributed by atoms with van der Waals surface area (Å²) in [6, 6.07) is 9.58. The minimum Gasteiger partial charge on any atom is -0.324 e. The second-order valence-electron chi connectivity index (χ2n) is 6.56. The molecule has 1 amide bonds. The van der Waals surface area contributed by atoms with E-state index in [9.17, 15) is 4.79 Å². The Bertz CT molecular complexity index is 977. The Kier molecular flexibility index (Phi) is 5.42. The van der Waals surface area contributed by atoms with Crippen molar-refractivity contribution in [1.29, 1.82) is 0 Å². The highest BCUT2D eigenvalue weighted by Gasteiger charge is 2.11. The van der Waals surface area contributed by atoms with Crippen LogP contribution in [0.5, 0.6) is 0 Å². The van der Waals surface area contributed by atoms with Gasteiger partial charge in [-0.1, -0.05) is 35.4 Å². The van der Waals surface area contributed by atoms with E-state index in [1.807, 2.05) is 20.8 Å². The van der Waals surface area contributed by atoms with Gasteiger partial charge in [0.2, 0.25) is 5.95 Å². The van der Waals surface area contributed by atoms with E-state index >= 15 is 0 Å². The van der Waals surface area contributed by atoms with Crippen molar-refractivity contribution in [2.24, 2.45) is 0 Å². The number of carbonyl (C=O) groups excluding carboxylic acids is 1. The number of aryl methyl sites for hydroxylation is 3. The fourth-order valence-electron chi connectivity index (χ4n) is 2.94. The normalized spacial score (nSPS) is 10.6. The molecule has 2 N–H and O–H groups in total. The van der Waals surface area contributed by atoms with Crippen molar-refractivity contribution in [3.63, 3.8) is 0 Å². The third-order valence-electron chi connectivity index (χ3n) is 4.34. The van der Waals surface area contributed by atoms with E-state index in [1.165, 1.54) is 18.0 Å². The Hall–Kier alpha value is -2.92. The molecule has 0 unspecified atom stereocenters. The van der Waals surface area contributed by atoms with Crippen LogP contribution in [0.15, 0.2) is 42.7 Å². The summed E-state index contributed by atoms with van der Waals surface area (Å²) in [6.07, 6.45) is 3.01. The maximum absolute atomic E-state index is 12.4. The molecule has 0 spiro atoms. The predicted molar refractivity (Wildman–Crippen MR) is 110 cm³/mol. The summed E-state index contributed by atoms with van der Waals surface area (Å²) in [7, 11) is 0. The Morgan fingerprint density at radius 1 is 1.00 bits per heavy atom. The number of benzene rings is 2. The summed E-state index contributed by atoms with van der Waals surface area (Å²) in [5.74, 6) is 0.162. The van der Waals surface area contributed by atoms with Crippen LogP contribution in [0.4, 0.5) is 17.3 Å².